The van der Waals surface area contributed by atoms with Crippen LogP contribution in [0.25, 0.3) is 0 Å². The minimum atomic E-state index is -0.473. The molecule has 4 nitrogen and oxygen atoms in total. The first kappa shape index (κ1) is 12.5. The molecular formula is C11H22N2O2. The van der Waals surface area contributed by atoms with Crippen LogP contribution < -0.4 is 5.73 Å². The third-order valence-corrected chi connectivity index (χ3v) is 3.05. The number of nitrogens with zero attached hydrogens (tertiary/aromatic N) is 1. The van der Waals surface area contributed by atoms with Gasteiger partial charge in [-0.3, -0.25) is 4.79 Å². The van der Waals surface area contributed by atoms with Crippen molar-refractivity contribution in [2.45, 2.75) is 44.8 Å². The molecule has 3 N–H and O–H groups in total. The summed E-state index contributed by atoms with van der Waals surface area (Å²) in [6.07, 6.45) is 3.58. The van der Waals surface area contributed by atoms with E-state index in [1.165, 1.54) is 0 Å². The van der Waals surface area contributed by atoms with Crippen LogP contribution in [0.4, 0.5) is 0 Å². The maximum atomic E-state index is 12.0. The number of amides is 1. The van der Waals surface area contributed by atoms with Crippen molar-refractivity contribution >= 4 is 5.91 Å². The Labute approximate surface area is 91.4 Å². The normalized spacial score (nSPS) is 28.5. The number of likely N-dealkylation sites (N-methyl/N-ethyl adjacent to an activating group) is 1. The average Bonchev–Trinajstić information content (AvgIpc) is 2.16. The summed E-state index contributed by atoms with van der Waals surface area (Å²) >= 11 is 0. The zero-order chi connectivity index (χ0) is 11.4. The number of aliphatic hydroxyl groups excluding tert-OH is 1. The molecule has 1 fully saturated rings. The van der Waals surface area contributed by atoms with Crippen LogP contribution in [0, 0.1) is 5.92 Å². The molecule has 0 radical (unpaired) electrons. The van der Waals surface area contributed by atoms with Crippen LogP contribution in [0.1, 0.15) is 32.6 Å². The first-order valence-electron chi connectivity index (χ1n) is 5.71. The lowest BCUT2D eigenvalue weighted by Crippen LogP contribution is -2.45. The minimum absolute atomic E-state index is 0.00250. The van der Waals surface area contributed by atoms with Gasteiger partial charge >= 0.3 is 0 Å². The van der Waals surface area contributed by atoms with Crippen molar-refractivity contribution < 1.29 is 9.90 Å². The van der Waals surface area contributed by atoms with Crippen LogP contribution >= 0.6 is 0 Å². The molecule has 4 heteroatoms. The Hall–Kier alpha value is -0.610. The summed E-state index contributed by atoms with van der Waals surface area (Å²) < 4.78 is 0. The van der Waals surface area contributed by atoms with Crippen LogP contribution in [0.5, 0.6) is 0 Å². The number of carbonyl (C=O) groups is 1. The quantitative estimate of drug-likeness (QED) is 0.712. The van der Waals surface area contributed by atoms with Crippen molar-refractivity contribution in [3.8, 4) is 0 Å². The summed E-state index contributed by atoms with van der Waals surface area (Å²) in [4.78, 5) is 13.6. The fourth-order valence-electron chi connectivity index (χ4n) is 2.24. The Morgan fingerprint density at radius 3 is 2.67 bits per heavy atom. The molecule has 0 aliphatic heterocycles. The molecule has 0 aromatic carbocycles. The van der Waals surface area contributed by atoms with Gasteiger partial charge in [0.2, 0.25) is 5.91 Å². The Bertz CT molecular complexity index is 219. The van der Waals surface area contributed by atoms with Gasteiger partial charge in [0.05, 0.1) is 12.0 Å². The lowest BCUT2D eigenvalue weighted by molar-refractivity contribution is -0.136. The molecule has 1 aliphatic carbocycles. The summed E-state index contributed by atoms with van der Waals surface area (Å²) in [5.74, 6) is 0.0469. The fourth-order valence-corrected chi connectivity index (χ4v) is 2.24. The topological polar surface area (TPSA) is 66.6 Å². The summed E-state index contributed by atoms with van der Waals surface area (Å²) in [6, 6.07) is 0.00250. The van der Waals surface area contributed by atoms with Gasteiger partial charge in [0, 0.05) is 19.6 Å². The van der Waals surface area contributed by atoms with Crippen LogP contribution in [-0.4, -0.2) is 41.7 Å². The standard InChI is InChI=1S/C11H22N2O2/c1-8(14)7-13(2)11(15)9-5-3-4-6-10(9)12/h8-10,14H,3-7,12H2,1-2H3. The van der Waals surface area contributed by atoms with Gasteiger partial charge < -0.3 is 15.7 Å². The van der Waals surface area contributed by atoms with E-state index in [4.69, 9.17) is 5.73 Å². The highest BCUT2D eigenvalue weighted by Gasteiger charge is 2.30. The van der Waals surface area contributed by atoms with Crippen LogP contribution in [-0.2, 0) is 4.79 Å². The second kappa shape index (κ2) is 5.47. The van der Waals surface area contributed by atoms with E-state index in [9.17, 15) is 9.90 Å². The van der Waals surface area contributed by atoms with Gasteiger partial charge in [-0.1, -0.05) is 12.8 Å². The Morgan fingerprint density at radius 1 is 1.53 bits per heavy atom. The minimum Gasteiger partial charge on any atom is -0.392 e. The van der Waals surface area contributed by atoms with Gasteiger partial charge in [-0.25, -0.2) is 0 Å². The number of rotatable bonds is 3. The van der Waals surface area contributed by atoms with Crippen LogP contribution in [0.2, 0.25) is 0 Å². The summed E-state index contributed by atoms with van der Waals surface area (Å²) in [5.41, 5.74) is 5.94. The van der Waals surface area contributed by atoms with E-state index < -0.39 is 6.10 Å². The predicted octanol–water partition coefficient (Wildman–Crippen LogP) is 0.343. The summed E-state index contributed by atoms with van der Waals surface area (Å²) in [6.45, 7) is 2.08. The van der Waals surface area contributed by atoms with Crippen molar-refractivity contribution in [2.24, 2.45) is 11.7 Å². The summed E-state index contributed by atoms with van der Waals surface area (Å²) in [5, 5.41) is 9.21. The van der Waals surface area contributed by atoms with Gasteiger partial charge in [-0.05, 0) is 19.8 Å². The first-order valence-corrected chi connectivity index (χ1v) is 5.71. The van der Waals surface area contributed by atoms with E-state index in [-0.39, 0.29) is 17.9 Å². The van der Waals surface area contributed by atoms with Crippen molar-refractivity contribution in [3.05, 3.63) is 0 Å². The Kier molecular flexibility index (Phi) is 4.54. The highest BCUT2D eigenvalue weighted by atomic mass is 16.3. The Morgan fingerprint density at radius 2 is 2.13 bits per heavy atom. The van der Waals surface area contributed by atoms with Crippen molar-refractivity contribution in [1.29, 1.82) is 0 Å². The third kappa shape index (κ3) is 3.47. The molecule has 0 aromatic heterocycles. The maximum Gasteiger partial charge on any atom is 0.227 e. The molecule has 0 heterocycles. The van der Waals surface area contributed by atoms with Crippen molar-refractivity contribution in [2.75, 3.05) is 13.6 Å². The van der Waals surface area contributed by atoms with Gasteiger partial charge in [-0.2, -0.15) is 0 Å². The molecule has 0 bridgehead atoms. The number of nitrogens with two attached hydrogens (primary N) is 1. The van der Waals surface area contributed by atoms with Crippen LogP contribution in [0.3, 0.4) is 0 Å². The molecular weight excluding hydrogens is 192 g/mol. The van der Waals surface area contributed by atoms with Crippen LogP contribution in [0.15, 0.2) is 0 Å². The Balaban J connectivity index is 2.50. The molecule has 15 heavy (non-hydrogen) atoms. The highest BCUT2D eigenvalue weighted by molar-refractivity contribution is 5.79. The monoisotopic (exact) mass is 214 g/mol. The number of aliphatic hydroxyl groups is 1. The molecule has 1 rings (SSSR count). The second-order valence-corrected chi connectivity index (χ2v) is 4.62. The lowest BCUT2D eigenvalue weighted by Gasteiger charge is -2.31. The van der Waals surface area contributed by atoms with E-state index in [0.29, 0.717) is 6.54 Å². The molecule has 1 saturated carbocycles. The average molecular weight is 214 g/mol. The molecule has 3 unspecified atom stereocenters. The largest absolute Gasteiger partial charge is 0.392 e. The van der Waals surface area contributed by atoms with Gasteiger partial charge in [-0.15, -0.1) is 0 Å². The molecule has 3 atom stereocenters. The SMILES string of the molecule is CC(O)CN(C)C(=O)C1CCCCC1N. The number of carbonyl (C=O) groups excluding carboxylic acids is 1. The zero-order valence-corrected chi connectivity index (χ0v) is 9.65. The second-order valence-electron chi connectivity index (χ2n) is 4.62. The molecule has 88 valence electrons. The molecule has 1 amide bonds. The van der Waals surface area contributed by atoms with E-state index in [1.807, 2.05) is 0 Å². The molecule has 0 spiro atoms. The van der Waals surface area contributed by atoms with E-state index in [0.717, 1.165) is 25.7 Å². The van der Waals surface area contributed by atoms with E-state index in [2.05, 4.69) is 0 Å². The third-order valence-electron chi connectivity index (χ3n) is 3.05. The summed E-state index contributed by atoms with van der Waals surface area (Å²) in [7, 11) is 1.73. The van der Waals surface area contributed by atoms with Gasteiger partial charge in [0.15, 0.2) is 0 Å². The van der Waals surface area contributed by atoms with Crippen molar-refractivity contribution in [1.82, 2.24) is 4.90 Å². The maximum absolute atomic E-state index is 12.0. The highest BCUT2D eigenvalue weighted by Crippen LogP contribution is 2.24. The smallest absolute Gasteiger partial charge is 0.227 e. The zero-order valence-electron chi connectivity index (χ0n) is 9.65. The predicted molar refractivity (Wildman–Crippen MR) is 59.3 cm³/mol. The molecule has 0 saturated heterocycles. The molecule has 0 aromatic rings. The fraction of sp³-hybridized carbons (Fsp3) is 0.909. The first-order chi connectivity index (χ1) is 7.02. The molecule has 1 aliphatic rings. The van der Waals surface area contributed by atoms with E-state index >= 15 is 0 Å². The number of hydrogen-bond donors (Lipinski definition) is 2. The lowest BCUT2D eigenvalue weighted by atomic mass is 9.84. The number of hydrogen-bond acceptors (Lipinski definition) is 3. The van der Waals surface area contributed by atoms with Crippen molar-refractivity contribution in [3.63, 3.8) is 0 Å². The van der Waals surface area contributed by atoms with E-state index in [1.54, 1.807) is 18.9 Å². The van der Waals surface area contributed by atoms with Gasteiger partial charge in [0.25, 0.3) is 0 Å². The van der Waals surface area contributed by atoms with Gasteiger partial charge in [0.1, 0.15) is 0 Å².